The number of rotatable bonds is 8. The minimum absolute atomic E-state index is 0.0131. The second-order valence-electron chi connectivity index (χ2n) is 5.73. The highest BCUT2D eigenvalue weighted by Crippen LogP contribution is 2.27. The maximum atomic E-state index is 11.5. The van der Waals surface area contributed by atoms with Crippen LogP contribution in [0.25, 0.3) is 6.08 Å². The normalized spacial score (nSPS) is 10.9. The van der Waals surface area contributed by atoms with Crippen molar-refractivity contribution in [3.63, 3.8) is 0 Å². The first-order chi connectivity index (χ1) is 12.1. The van der Waals surface area contributed by atoms with Gasteiger partial charge in [-0.25, -0.2) is 4.79 Å². The fraction of sp³-hybridized carbons (Fsp3) is 0.286. The van der Waals surface area contributed by atoms with Crippen LogP contribution < -0.4 is 9.47 Å². The van der Waals surface area contributed by atoms with Crippen molar-refractivity contribution in [2.75, 3.05) is 6.61 Å². The van der Waals surface area contributed by atoms with Gasteiger partial charge in [-0.05, 0) is 44.5 Å². The van der Waals surface area contributed by atoms with Crippen LogP contribution in [0.3, 0.4) is 0 Å². The summed E-state index contributed by atoms with van der Waals surface area (Å²) in [6, 6.07) is 15.5. The summed E-state index contributed by atoms with van der Waals surface area (Å²) in [5, 5.41) is 0. The summed E-state index contributed by atoms with van der Waals surface area (Å²) in [5.41, 5.74) is 1.90. The molecule has 0 amide bonds. The molecule has 0 spiro atoms. The van der Waals surface area contributed by atoms with Crippen LogP contribution in [0.15, 0.2) is 54.6 Å². The summed E-state index contributed by atoms with van der Waals surface area (Å²) in [5.74, 6) is 1.01. The van der Waals surface area contributed by atoms with Crippen LogP contribution in [-0.2, 0) is 16.1 Å². The van der Waals surface area contributed by atoms with E-state index in [0.29, 0.717) is 24.7 Å². The molecule has 0 saturated carbocycles. The molecule has 0 atom stereocenters. The van der Waals surface area contributed by atoms with Crippen molar-refractivity contribution in [3.8, 4) is 11.5 Å². The van der Waals surface area contributed by atoms with Gasteiger partial charge in [0.25, 0.3) is 0 Å². The molecular formula is C21H24O4. The number of hydrogen-bond acceptors (Lipinski definition) is 4. The molecule has 0 heterocycles. The molecule has 2 rings (SSSR count). The van der Waals surface area contributed by atoms with Crippen LogP contribution in [0, 0.1) is 0 Å². The third-order valence-corrected chi connectivity index (χ3v) is 3.28. The lowest BCUT2D eigenvalue weighted by Gasteiger charge is -2.14. The Hall–Kier alpha value is -2.75. The zero-order valence-electron chi connectivity index (χ0n) is 14.9. The van der Waals surface area contributed by atoms with E-state index < -0.39 is 0 Å². The highest BCUT2D eigenvalue weighted by molar-refractivity contribution is 5.87. The van der Waals surface area contributed by atoms with Crippen LogP contribution in [-0.4, -0.2) is 18.7 Å². The van der Waals surface area contributed by atoms with Crippen LogP contribution in [0.2, 0.25) is 0 Å². The number of hydrogen-bond donors (Lipinski definition) is 0. The molecule has 0 N–H and O–H groups in total. The van der Waals surface area contributed by atoms with Gasteiger partial charge in [0.2, 0.25) is 0 Å². The Bertz CT molecular complexity index is 705. The molecule has 4 nitrogen and oxygen atoms in total. The van der Waals surface area contributed by atoms with E-state index in [9.17, 15) is 4.79 Å². The molecule has 2 aromatic rings. The average molecular weight is 340 g/mol. The van der Waals surface area contributed by atoms with E-state index in [1.54, 1.807) is 13.0 Å². The monoisotopic (exact) mass is 340 g/mol. The fourth-order valence-corrected chi connectivity index (χ4v) is 2.19. The van der Waals surface area contributed by atoms with Crippen molar-refractivity contribution in [2.45, 2.75) is 33.5 Å². The Morgan fingerprint density at radius 2 is 1.88 bits per heavy atom. The zero-order valence-corrected chi connectivity index (χ0v) is 14.9. The van der Waals surface area contributed by atoms with Crippen LogP contribution >= 0.6 is 0 Å². The molecule has 0 aliphatic heterocycles. The second-order valence-corrected chi connectivity index (χ2v) is 5.73. The van der Waals surface area contributed by atoms with Gasteiger partial charge in [-0.2, -0.15) is 0 Å². The fourth-order valence-electron chi connectivity index (χ4n) is 2.19. The van der Waals surface area contributed by atoms with E-state index in [1.165, 1.54) is 6.08 Å². The minimum atomic E-state index is -0.373. The third-order valence-electron chi connectivity index (χ3n) is 3.28. The van der Waals surface area contributed by atoms with Gasteiger partial charge < -0.3 is 14.2 Å². The van der Waals surface area contributed by atoms with E-state index in [0.717, 1.165) is 11.1 Å². The lowest BCUT2D eigenvalue weighted by Crippen LogP contribution is -2.07. The van der Waals surface area contributed by atoms with Crippen molar-refractivity contribution >= 4 is 12.0 Å². The van der Waals surface area contributed by atoms with Gasteiger partial charge in [0.15, 0.2) is 0 Å². The first kappa shape index (κ1) is 18.6. The summed E-state index contributed by atoms with van der Waals surface area (Å²) >= 11 is 0. The molecule has 0 saturated heterocycles. The molecule has 0 radical (unpaired) electrons. The highest BCUT2D eigenvalue weighted by atomic mass is 16.5. The summed E-state index contributed by atoms with van der Waals surface area (Å²) in [6.45, 7) is 6.52. The number of ether oxygens (including phenoxy) is 3. The maximum absolute atomic E-state index is 11.5. The van der Waals surface area contributed by atoms with Crippen LogP contribution in [0.4, 0.5) is 0 Å². The summed E-state index contributed by atoms with van der Waals surface area (Å²) in [4.78, 5) is 11.5. The predicted octanol–water partition coefficient (Wildman–Crippen LogP) is 4.63. The van der Waals surface area contributed by atoms with Crippen LogP contribution in [0.1, 0.15) is 31.9 Å². The van der Waals surface area contributed by atoms with Gasteiger partial charge in [0.05, 0.1) is 12.7 Å². The molecular weight excluding hydrogens is 316 g/mol. The second kappa shape index (κ2) is 9.52. The Morgan fingerprint density at radius 1 is 1.12 bits per heavy atom. The number of benzene rings is 2. The predicted molar refractivity (Wildman–Crippen MR) is 98.6 cm³/mol. The Labute approximate surface area is 149 Å². The SMILES string of the molecule is CCOC(=O)/C=C/c1ccc(OCc2ccccc2)cc1OC(C)C. The molecule has 132 valence electrons. The van der Waals surface area contributed by atoms with Crippen molar-refractivity contribution in [1.29, 1.82) is 0 Å². The molecule has 4 heteroatoms. The zero-order chi connectivity index (χ0) is 18.1. The van der Waals surface area contributed by atoms with Gasteiger partial charge >= 0.3 is 5.97 Å². The molecule has 0 aromatic heterocycles. The van der Waals surface area contributed by atoms with E-state index in [2.05, 4.69) is 0 Å². The molecule has 0 unspecified atom stereocenters. The summed E-state index contributed by atoms with van der Waals surface area (Å²) < 4.78 is 16.6. The van der Waals surface area contributed by atoms with Crippen molar-refractivity contribution in [1.82, 2.24) is 0 Å². The van der Waals surface area contributed by atoms with Crippen molar-refractivity contribution in [2.24, 2.45) is 0 Å². The Balaban J connectivity index is 2.13. The van der Waals surface area contributed by atoms with E-state index in [1.807, 2.05) is 62.4 Å². The molecule has 0 bridgehead atoms. The number of carbonyl (C=O) groups is 1. The van der Waals surface area contributed by atoms with E-state index in [-0.39, 0.29) is 12.1 Å². The Kier molecular flexibility index (Phi) is 7.08. The van der Waals surface area contributed by atoms with Crippen molar-refractivity contribution in [3.05, 3.63) is 65.7 Å². The molecule has 2 aromatic carbocycles. The first-order valence-electron chi connectivity index (χ1n) is 8.40. The smallest absolute Gasteiger partial charge is 0.330 e. The first-order valence-corrected chi connectivity index (χ1v) is 8.40. The lowest BCUT2D eigenvalue weighted by molar-refractivity contribution is -0.137. The van der Waals surface area contributed by atoms with Crippen molar-refractivity contribution < 1.29 is 19.0 Å². The van der Waals surface area contributed by atoms with E-state index in [4.69, 9.17) is 14.2 Å². The molecule has 0 aliphatic carbocycles. The van der Waals surface area contributed by atoms with Gasteiger partial charge in [0.1, 0.15) is 18.1 Å². The number of carbonyl (C=O) groups excluding carboxylic acids is 1. The number of esters is 1. The van der Waals surface area contributed by atoms with Gasteiger partial charge in [-0.15, -0.1) is 0 Å². The molecule has 25 heavy (non-hydrogen) atoms. The Morgan fingerprint density at radius 3 is 2.56 bits per heavy atom. The van der Waals surface area contributed by atoms with Crippen LogP contribution in [0.5, 0.6) is 11.5 Å². The topological polar surface area (TPSA) is 44.8 Å². The quantitative estimate of drug-likeness (QED) is 0.519. The van der Waals surface area contributed by atoms with Gasteiger partial charge in [-0.3, -0.25) is 0 Å². The summed E-state index contributed by atoms with van der Waals surface area (Å²) in [6.07, 6.45) is 3.10. The largest absolute Gasteiger partial charge is 0.490 e. The molecule has 0 aliphatic rings. The minimum Gasteiger partial charge on any atom is -0.490 e. The molecule has 0 fully saturated rings. The standard InChI is InChI=1S/C21H24O4/c1-4-23-21(22)13-11-18-10-12-19(14-20(18)25-16(2)3)24-15-17-8-6-5-7-9-17/h5-14,16H,4,15H2,1-3H3/b13-11+. The third kappa shape index (κ3) is 6.34. The maximum Gasteiger partial charge on any atom is 0.330 e. The van der Waals surface area contributed by atoms with Gasteiger partial charge in [-0.1, -0.05) is 30.3 Å². The van der Waals surface area contributed by atoms with E-state index >= 15 is 0 Å². The average Bonchev–Trinajstić information content (AvgIpc) is 2.60. The highest BCUT2D eigenvalue weighted by Gasteiger charge is 2.07. The summed E-state index contributed by atoms with van der Waals surface area (Å²) in [7, 11) is 0. The lowest BCUT2D eigenvalue weighted by atomic mass is 10.1. The van der Waals surface area contributed by atoms with Gasteiger partial charge in [0, 0.05) is 17.7 Å².